The smallest absolute Gasteiger partial charge is 0.168 e. The van der Waals surface area contributed by atoms with Gasteiger partial charge in [-0.2, -0.15) is 0 Å². The molecule has 24 heavy (non-hydrogen) atoms. The topological polar surface area (TPSA) is 29.5 Å². The molecular formula is C21H27NO2. The summed E-state index contributed by atoms with van der Waals surface area (Å²) in [7, 11) is 4.04. The van der Waals surface area contributed by atoms with Gasteiger partial charge in [0.05, 0.1) is 0 Å². The van der Waals surface area contributed by atoms with E-state index < -0.39 is 5.41 Å². The lowest BCUT2D eigenvalue weighted by Gasteiger charge is -2.19. The van der Waals surface area contributed by atoms with Crippen LogP contribution in [0.1, 0.15) is 31.1 Å². The predicted octanol–water partition coefficient (Wildman–Crippen LogP) is 4.52. The average Bonchev–Trinajstić information content (AvgIpc) is 2.54. The van der Waals surface area contributed by atoms with E-state index >= 15 is 0 Å². The van der Waals surface area contributed by atoms with Crippen molar-refractivity contribution in [2.75, 3.05) is 27.2 Å². The summed E-state index contributed by atoms with van der Waals surface area (Å²) in [5.74, 6) is 0.952. The fraction of sp³-hybridized carbons (Fsp3) is 0.381. The first kappa shape index (κ1) is 18.2. The van der Waals surface area contributed by atoms with Crippen LogP contribution in [-0.4, -0.2) is 37.9 Å². The Morgan fingerprint density at radius 3 is 2.29 bits per heavy atom. The minimum absolute atomic E-state index is 0.138. The minimum atomic E-state index is -0.402. The Labute approximate surface area is 145 Å². The summed E-state index contributed by atoms with van der Waals surface area (Å²) in [5.41, 5.74) is 2.34. The van der Waals surface area contributed by atoms with Gasteiger partial charge in [0, 0.05) is 23.1 Å². The van der Waals surface area contributed by atoms with Gasteiger partial charge in [-0.3, -0.25) is 4.79 Å². The number of benzene rings is 2. The van der Waals surface area contributed by atoms with Crippen LogP contribution in [0.15, 0.2) is 48.5 Å². The minimum Gasteiger partial charge on any atom is -0.492 e. The van der Waals surface area contributed by atoms with E-state index in [2.05, 4.69) is 4.90 Å². The summed E-state index contributed by atoms with van der Waals surface area (Å²) in [4.78, 5) is 14.7. The molecule has 0 spiro atoms. The van der Waals surface area contributed by atoms with Crippen molar-refractivity contribution in [3.05, 3.63) is 54.1 Å². The molecule has 0 saturated heterocycles. The molecule has 2 aromatic rings. The Hall–Kier alpha value is -2.13. The van der Waals surface area contributed by atoms with Gasteiger partial charge >= 0.3 is 0 Å². The van der Waals surface area contributed by atoms with E-state index in [4.69, 9.17) is 4.74 Å². The van der Waals surface area contributed by atoms with E-state index in [1.54, 1.807) is 0 Å². The number of hydrogen-bond donors (Lipinski definition) is 0. The molecule has 0 aromatic heterocycles. The Morgan fingerprint density at radius 1 is 1.04 bits per heavy atom. The zero-order valence-electron chi connectivity index (χ0n) is 15.3. The van der Waals surface area contributed by atoms with Crippen LogP contribution in [0.4, 0.5) is 0 Å². The molecule has 0 heterocycles. The summed E-state index contributed by atoms with van der Waals surface area (Å²) in [5, 5.41) is 0. The van der Waals surface area contributed by atoms with E-state index in [1.807, 2.05) is 83.4 Å². The highest BCUT2D eigenvalue weighted by Crippen LogP contribution is 2.33. The van der Waals surface area contributed by atoms with Crippen LogP contribution in [-0.2, 0) is 0 Å². The molecule has 0 radical (unpaired) electrons. The van der Waals surface area contributed by atoms with Crippen LogP contribution in [0.25, 0.3) is 11.1 Å². The maximum atomic E-state index is 12.6. The van der Waals surface area contributed by atoms with E-state index in [0.717, 1.165) is 29.0 Å². The Balaban J connectivity index is 2.39. The number of likely N-dealkylation sites (N-methyl/N-ethyl adjacent to an activating group) is 1. The monoisotopic (exact) mass is 325 g/mol. The number of rotatable bonds is 6. The van der Waals surface area contributed by atoms with Gasteiger partial charge < -0.3 is 9.64 Å². The number of ketones is 1. The lowest BCUT2D eigenvalue weighted by atomic mass is 9.85. The molecule has 2 rings (SSSR count). The maximum absolute atomic E-state index is 12.6. The molecule has 0 aliphatic rings. The lowest BCUT2D eigenvalue weighted by Crippen LogP contribution is -2.21. The first-order valence-corrected chi connectivity index (χ1v) is 8.31. The third kappa shape index (κ3) is 4.68. The molecule has 128 valence electrons. The summed E-state index contributed by atoms with van der Waals surface area (Å²) in [6.07, 6.45) is 0. The van der Waals surface area contributed by atoms with Gasteiger partial charge in [-0.05, 0) is 37.9 Å². The third-order valence-electron chi connectivity index (χ3n) is 3.80. The zero-order chi connectivity index (χ0) is 17.7. The summed E-state index contributed by atoms with van der Waals surface area (Å²) >= 11 is 0. The summed E-state index contributed by atoms with van der Waals surface area (Å²) in [6.45, 7) is 7.29. The van der Waals surface area contributed by atoms with Crippen molar-refractivity contribution in [2.45, 2.75) is 20.8 Å². The van der Waals surface area contributed by atoms with Crippen molar-refractivity contribution in [2.24, 2.45) is 5.41 Å². The molecule has 0 unspecified atom stereocenters. The lowest BCUT2D eigenvalue weighted by molar-refractivity contribution is 0.0858. The maximum Gasteiger partial charge on any atom is 0.168 e. The van der Waals surface area contributed by atoms with Crippen molar-refractivity contribution in [1.29, 1.82) is 0 Å². The molecule has 3 nitrogen and oxygen atoms in total. The molecule has 0 fully saturated rings. The van der Waals surface area contributed by atoms with Gasteiger partial charge in [0.25, 0.3) is 0 Å². The van der Waals surface area contributed by atoms with Gasteiger partial charge in [0.2, 0.25) is 0 Å². The molecule has 2 aromatic carbocycles. The van der Waals surface area contributed by atoms with Crippen LogP contribution >= 0.6 is 0 Å². The van der Waals surface area contributed by atoms with E-state index in [9.17, 15) is 4.79 Å². The molecule has 0 bridgehead atoms. The second kappa shape index (κ2) is 7.63. The summed E-state index contributed by atoms with van der Waals surface area (Å²) < 4.78 is 5.97. The molecule has 0 amide bonds. The number of hydrogen-bond acceptors (Lipinski definition) is 3. The molecule has 0 aliphatic carbocycles. The van der Waals surface area contributed by atoms with Crippen molar-refractivity contribution in [3.8, 4) is 16.9 Å². The van der Waals surface area contributed by atoms with Gasteiger partial charge in [-0.15, -0.1) is 0 Å². The Bertz CT molecular complexity index is 685. The fourth-order valence-corrected chi connectivity index (χ4v) is 2.41. The van der Waals surface area contributed by atoms with Gasteiger partial charge in [-0.25, -0.2) is 0 Å². The van der Waals surface area contributed by atoms with E-state index in [1.165, 1.54) is 0 Å². The second-order valence-electron chi connectivity index (χ2n) is 7.31. The quantitative estimate of drug-likeness (QED) is 0.731. The zero-order valence-corrected chi connectivity index (χ0v) is 15.3. The third-order valence-corrected chi connectivity index (χ3v) is 3.80. The highest BCUT2D eigenvalue weighted by molar-refractivity contribution is 6.01. The largest absolute Gasteiger partial charge is 0.492 e. The standard InChI is InChI=1S/C21H27NO2/c1-21(2,3)20(23)17-11-12-19(24-14-13-22(4)5)18(15-17)16-9-7-6-8-10-16/h6-12,15H,13-14H2,1-5H3. The number of Topliss-reactive ketones (excluding diaryl/α,β-unsaturated/α-hetero) is 1. The SMILES string of the molecule is CN(C)CCOc1ccc(C(=O)C(C)(C)C)cc1-c1ccccc1. The number of carbonyl (C=O) groups excluding carboxylic acids is 1. The van der Waals surface area contributed by atoms with E-state index in [0.29, 0.717) is 6.61 Å². The average molecular weight is 325 g/mol. The van der Waals surface area contributed by atoms with Gasteiger partial charge in [0.1, 0.15) is 12.4 Å². The fourth-order valence-electron chi connectivity index (χ4n) is 2.41. The first-order chi connectivity index (χ1) is 11.3. The number of nitrogens with zero attached hydrogens (tertiary/aromatic N) is 1. The number of carbonyl (C=O) groups is 1. The molecule has 0 N–H and O–H groups in total. The van der Waals surface area contributed by atoms with Crippen LogP contribution in [0.5, 0.6) is 5.75 Å². The van der Waals surface area contributed by atoms with Crippen LogP contribution in [0.3, 0.4) is 0 Å². The van der Waals surface area contributed by atoms with Crippen LogP contribution in [0.2, 0.25) is 0 Å². The van der Waals surface area contributed by atoms with Gasteiger partial charge in [-0.1, -0.05) is 51.1 Å². The molecule has 3 heteroatoms. The highest BCUT2D eigenvalue weighted by atomic mass is 16.5. The van der Waals surface area contributed by atoms with Crippen molar-refractivity contribution < 1.29 is 9.53 Å². The normalized spacial score (nSPS) is 11.6. The van der Waals surface area contributed by atoms with Crippen molar-refractivity contribution in [3.63, 3.8) is 0 Å². The first-order valence-electron chi connectivity index (χ1n) is 8.31. The Kier molecular flexibility index (Phi) is 5.79. The molecular weight excluding hydrogens is 298 g/mol. The highest BCUT2D eigenvalue weighted by Gasteiger charge is 2.24. The van der Waals surface area contributed by atoms with Crippen LogP contribution in [0, 0.1) is 5.41 Å². The molecule has 0 aliphatic heterocycles. The molecule has 0 atom stereocenters. The second-order valence-corrected chi connectivity index (χ2v) is 7.31. The van der Waals surface area contributed by atoms with Crippen molar-refractivity contribution >= 4 is 5.78 Å². The van der Waals surface area contributed by atoms with Gasteiger partial charge in [0.15, 0.2) is 5.78 Å². The predicted molar refractivity (Wildman–Crippen MR) is 99.7 cm³/mol. The van der Waals surface area contributed by atoms with E-state index in [-0.39, 0.29) is 5.78 Å². The number of ether oxygens (including phenoxy) is 1. The van der Waals surface area contributed by atoms with Crippen LogP contribution < -0.4 is 4.74 Å². The molecule has 0 saturated carbocycles. The summed E-state index contributed by atoms with van der Waals surface area (Å²) in [6, 6.07) is 15.8. The Morgan fingerprint density at radius 2 is 1.71 bits per heavy atom. The van der Waals surface area contributed by atoms with Crippen molar-refractivity contribution in [1.82, 2.24) is 4.90 Å².